The van der Waals surface area contributed by atoms with E-state index in [9.17, 15) is 19.2 Å². The summed E-state index contributed by atoms with van der Waals surface area (Å²) in [5, 5.41) is 10.1. The summed E-state index contributed by atoms with van der Waals surface area (Å²) < 4.78 is 7.91. The van der Waals surface area contributed by atoms with Gasteiger partial charge in [-0.3, -0.25) is 19.2 Å². The van der Waals surface area contributed by atoms with Gasteiger partial charge in [0.25, 0.3) is 0 Å². The number of anilines is 1. The first-order valence-corrected chi connectivity index (χ1v) is 19.6. The summed E-state index contributed by atoms with van der Waals surface area (Å²) in [6.45, 7) is 6.56. The summed E-state index contributed by atoms with van der Waals surface area (Å²) in [6, 6.07) is 7.95. The summed E-state index contributed by atoms with van der Waals surface area (Å²) in [4.78, 5) is 58.8. The molecule has 3 aromatic rings. The Morgan fingerprint density at radius 1 is 0.904 bits per heavy atom. The number of benzene rings is 1. The highest BCUT2D eigenvalue weighted by molar-refractivity contribution is 6.06. The maximum absolute atomic E-state index is 13.0. The topological polar surface area (TPSA) is 170 Å². The van der Waals surface area contributed by atoms with Crippen molar-refractivity contribution in [1.82, 2.24) is 30.5 Å². The molecule has 286 valence electrons. The zero-order chi connectivity index (χ0) is 37.3. The Balaban J connectivity index is 1.07. The number of carbonyl (C=O) groups excluding carboxylic acids is 4. The minimum absolute atomic E-state index is 0.0147. The number of aryl methyl sites for hydroxylation is 2. The largest absolute Gasteiger partial charge is 0.382 e. The van der Waals surface area contributed by atoms with Gasteiger partial charge in [0.15, 0.2) is 5.82 Å². The number of imidazole rings is 1. The maximum atomic E-state index is 13.0. The molecule has 2 amide bonds. The van der Waals surface area contributed by atoms with Crippen LogP contribution >= 0.6 is 0 Å². The van der Waals surface area contributed by atoms with E-state index in [1.807, 2.05) is 18.2 Å². The van der Waals surface area contributed by atoms with Crippen molar-refractivity contribution in [2.45, 2.75) is 123 Å². The summed E-state index contributed by atoms with van der Waals surface area (Å²) >= 11 is 0. The van der Waals surface area contributed by atoms with Gasteiger partial charge in [-0.25, -0.2) is 9.97 Å². The second kappa shape index (κ2) is 21.6. The number of para-hydroxylation sites is 1. The molecule has 0 radical (unpaired) electrons. The van der Waals surface area contributed by atoms with Gasteiger partial charge in [0.2, 0.25) is 11.8 Å². The van der Waals surface area contributed by atoms with E-state index in [4.69, 9.17) is 15.5 Å². The first kappa shape index (κ1) is 40.9. The van der Waals surface area contributed by atoms with E-state index < -0.39 is 0 Å². The second-order valence-electron chi connectivity index (χ2n) is 14.3. The molecule has 12 heteroatoms. The zero-order valence-corrected chi connectivity index (χ0v) is 31.6. The van der Waals surface area contributed by atoms with Crippen molar-refractivity contribution in [1.29, 1.82) is 0 Å². The summed E-state index contributed by atoms with van der Waals surface area (Å²) in [7, 11) is 1.78. The molecule has 52 heavy (non-hydrogen) atoms. The molecule has 1 fully saturated rings. The number of amides is 2. The van der Waals surface area contributed by atoms with Crippen molar-refractivity contribution >= 4 is 51.1 Å². The lowest BCUT2D eigenvalue weighted by Gasteiger charge is -2.27. The van der Waals surface area contributed by atoms with Gasteiger partial charge in [-0.15, -0.1) is 0 Å². The number of aromatic nitrogens is 3. The highest BCUT2D eigenvalue weighted by Crippen LogP contribution is 2.31. The molecule has 0 saturated heterocycles. The molecule has 0 bridgehead atoms. The Hall–Kier alpha value is -3.90. The van der Waals surface area contributed by atoms with Crippen molar-refractivity contribution in [2.24, 2.45) is 11.8 Å². The number of Topliss-reactive ketones (excluding diaryl/α,β-unsaturated/α-hetero) is 2. The number of carbonyl (C=O) groups is 4. The van der Waals surface area contributed by atoms with Crippen LogP contribution in [0.15, 0.2) is 24.3 Å². The molecule has 4 rings (SSSR count). The van der Waals surface area contributed by atoms with Crippen LogP contribution in [-0.4, -0.2) is 77.3 Å². The molecule has 5 N–H and O–H groups in total. The van der Waals surface area contributed by atoms with Gasteiger partial charge in [-0.1, -0.05) is 31.5 Å². The number of rotatable bonds is 24. The molecule has 1 aliphatic carbocycles. The van der Waals surface area contributed by atoms with E-state index in [1.54, 1.807) is 14.0 Å². The molecular formula is C40H61N7O5. The highest BCUT2D eigenvalue weighted by Gasteiger charge is 2.29. The fourth-order valence-corrected chi connectivity index (χ4v) is 7.26. The summed E-state index contributed by atoms with van der Waals surface area (Å²) in [5.74, 6) is 1.91. The molecule has 1 atom stereocenters. The predicted molar refractivity (Wildman–Crippen MR) is 206 cm³/mol. The first-order chi connectivity index (χ1) is 25.2. The maximum Gasteiger partial charge on any atom is 0.223 e. The number of nitrogens with two attached hydrogens (primary N) is 1. The van der Waals surface area contributed by atoms with Crippen LogP contribution in [0.4, 0.5) is 5.82 Å². The number of likely N-dealkylation sites (N-methyl/N-ethyl adjacent to an activating group) is 1. The third kappa shape index (κ3) is 12.1. The Bertz CT molecular complexity index is 1610. The van der Waals surface area contributed by atoms with Gasteiger partial charge in [-0.05, 0) is 90.7 Å². The summed E-state index contributed by atoms with van der Waals surface area (Å²) in [6.07, 6.45) is 11.6. The van der Waals surface area contributed by atoms with E-state index in [0.29, 0.717) is 51.4 Å². The molecule has 1 saturated carbocycles. The number of ether oxygens (including phenoxy) is 1. The lowest BCUT2D eigenvalue weighted by molar-refractivity contribution is -0.129. The molecule has 12 nitrogen and oxygen atoms in total. The van der Waals surface area contributed by atoms with Crippen LogP contribution in [0, 0.1) is 11.8 Å². The number of hydrogen-bond acceptors (Lipinski definition) is 9. The average Bonchev–Trinajstić information content (AvgIpc) is 3.52. The second-order valence-corrected chi connectivity index (χ2v) is 14.3. The quantitative estimate of drug-likeness (QED) is 0.0882. The highest BCUT2D eigenvalue weighted by atomic mass is 16.5. The van der Waals surface area contributed by atoms with Crippen molar-refractivity contribution < 1.29 is 23.9 Å². The number of fused-ring (bicyclic) bond motifs is 3. The molecule has 1 aromatic carbocycles. The third-order valence-corrected chi connectivity index (χ3v) is 10.4. The fraction of sp³-hybridized carbons (Fsp3) is 0.650. The molecule has 2 aromatic heterocycles. The zero-order valence-electron chi connectivity index (χ0n) is 31.6. The van der Waals surface area contributed by atoms with Crippen LogP contribution < -0.4 is 21.7 Å². The van der Waals surface area contributed by atoms with E-state index in [2.05, 4.69) is 38.5 Å². The van der Waals surface area contributed by atoms with Gasteiger partial charge >= 0.3 is 0 Å². The van der Waals surface area contributed by atoms with Crippen LogP contribution in [0.25, 0.3) is 21.9 Å². The Morgan fingerprint density at radius 3 is 2.38 bits per heavy atom. The number of unbranched alkanes of at least 4 members (excludes halogenated alkanes) is 3. The molecular weight excluding hydrogens is 658 g/mol. The van der Waals surface area contributed by atoms with Crippen molar-refractivity contribution in [3.05, 3.63) is 30.1 Å². The Labute approximate surface area is 308 Å². The van der Waals surface area contributed by atoms with E-state index in [1.165, 1.54) is 0 Å². The monoisotopic (exact) mass is 719 g/mol. The average molecular weight is 720 g/mol. The van der Waals surface area contributed by atoms with Gasteiger partial charge in [0, 0.05) is 62.7 Å². The molecule has 2 heterocycles. The number of hydrogen-bond donors (Lipinski definition) is 4. The van der Waals surface area contributed by atoms with Gasteiger partial charge in [0.1, 0.15) is 22.9 Å². The lowest BCUT2D eigenvalue weighted by Crippen LogP contribution is -2.35. The van der Waals surface area contributed by atoms with Crippen LogP contribution in [0.5, 0.6) is 0 Å². The van der Waals surface area contributed by atoms with Gasteiger partial charge in [-0.2, -0.15) is 0 Å². The van der Waals surface area contributed by atoms with Crippen LogP contribution in [0.2, 0.25) is 0 Å². The number of nitrogens with zero attached hydrogens (tertiary/aromatic N) is 3. The third-order valence-electron chi connectivity index (χ3n) is 10.4. The van der Waals surface area contributed by atoms with Crippen LogP contribution in [-0.2, 0) is 36.9 Å². The molecule has 1 aliphatic rings. The van der Waals surface area contributed by atoms with E-state index in [0.717, 1.165) is 111 Å². The summed E-state index contributed by atoms with van der Waals surface area (Å²) in [5.41, 5.74) is 9.03. The minimum atomic E-state index is -0.119. The van der Waals surface area contributed by atoms with Gasteiger partial charge < -0.3 is 31.0 Å². The van der Waals surface area contributed by atoms with E-state index >= 15 is 0 Å². The Morgan fingerprint density at radius 2 is 1.63 bits per heavy atom. The standard InChI is InChI=1S/C40H61N7O5/c1-4-5-17-35-46-37-38(31-13-6-7-15-33(31)45-39(37)41)47(35)25-11-10-24-44-40(51)30-20-18-29(19-21-30)34(49)16-12-26-52-27-22-36(50)43-23-9-8-14-32(42-3)28(2)48/h6-7,13,15,29-30,32,42H,4-5,8-12,14,16-27H2,1-3H3,(H2,41,45)(H,43,50)(H,44,51). The van der Waals surface area contributed by atoms with E-state index in [-0.39, 0.29) is 41.3 Å². The normalized spacial score (nSPS) is 16.6. The van der Waals surface area contributed by atoms with Crippen molar-refractivity contribution in [2.75, 3.05) is 39.1 Å². The van der Waals surface area contributed by atoms with Crippen LogP contribution in [0.1, 0.15) is 110 Å². The lowest BCUT2D eigenvalue weighted by atomic mass is 9.79. The van der Waals surface area contributed by atoms with Crippen molar-refractivity contribution in [3.8, 4) is 0 Å². The number of nitrogen functional groups attached to an aromatic ring is 1. The SMILES string of the molecule is CCCCc1nc2c(N)nc3ccccc3c2n1CCCCNC(=O)C1CCC(C(=O)CCCOCCC(=O)NCCCCC(NC)C(C)=O)CC1. The number of ketones is 2. The predicted octanol–water partition coefficient (Wildman–Crippen LogP) is 5.43. The number of nitrogens with one attached hydrogen (secondary N) is 3. The first-order valence-electron chi connectivity index (χ1n) is 19.6. The van der Waals surface area contributed by atoms with Gasteiger partial charge in [0.05, 0.1) is 23.7 Å². The smallest absolute Gasteiger partial charge is 0.223 e. The molecule has 1 unspecified atom stereocenters. The molecule has 0 aliphatic heterocycles. The Kier molecular flexibility index (Phi) is 17.0. The molecule has 0 spiro atoms. The number of pyridine rings is 1. The minimum Gasteiger partial charge on any atom is -0.382 e. The van der Waals surface area contributed by atoms with Crippen LogP contribution in [0.3, 0.4) is 0 Å². The van der Waals surface area contributed by atoms with Crippen molar-refractivity contribution in [3.63, 3.8) is 0 Å². The fourth-order valence-electron chi connectivity index (χ4n) is 7.26.